The number of nitrogens with zero attached hydrogens (tertiary/aromatic N) is 5. The first-order valence-corrected chi connectivity index (χ1v) is 9.70. The van der Waals surface area contributed by atoms with Gasteiger partial charge in [0.15, 0.2) is 5.76 Å². The van der Waals surface area contributed by atoms with Crippen molar-refractivity contribution in [3.05, 3.63) is 64.7 Å². The van der Waals surface area contributed by atoms with Gasteiger partial charge in [0.1, 0.15) is 23.4 Å². The molecule has 4 rings (SSSR count). The van der Waals surface area contributed by atoms with E-state index in [2.05, 4.69) is 32.9 Å². The van der Waals surface area contributed by atoms with Gasteiger partial charge in [0, 0.05) is 43.5 Å². The van der Waals surface area contributed by atoms with E-state index in [0.29, 0.717) is 21.9 Å². The lowest BCUT2D eigenvalue weighted by Gasteiger charge is -2.37. The van der Waals surface area contributed by atoms with E-state index in [9.17, 15) is 4.39 Å². The quantitative estimate of drug-likeness (QED) is 0.638. The minimum atomic E-state index is -0.395. The predicted molar refractivity (Wildman–Crippen MR) is 108 cm³/mol. The Morgan fingerprint density at radius 2 is 1.97 bits per heavy atom. The molecule has 0 saturated carbocycles. The van der Waals surface area contributed by atoms with Crippen molar-refractivity contribution < 1.29 is 8.91 Å². The van der Waals surface area contributed by atoms with Crippen molar-refractivity contribution in [2.45, 2.75) is 13.0 Å². The van der Waals surface area contributed by atoms with Crippen molar-refractivity contribution in [2.75, 3.05) is 31.1 Å². The van der Waals surface area contributed by atoms with Crippen molar-refractivity contribution in [2.24, 2.45) is 0 Å². The van der Waals surface area contributed by atoms with E-state index in [4.69, 9.17) is 21.4 Å². The number of pyridine rings is 1. The molecule has 0 amide bonds. The smallest absolute Gasteiger partial charge is 0.170 e. The Morgan fingerprint density at radius 1 is 1.17 bits per heavy atom. The van der Waals surface area contributed by atoms with Gasteiger partial charge < -0.3 is 9.42 Å². The van der Waals surface area contributed by atoms with Crippen molar-refractivity contribution in [1.29, 1.82) is 5.26 Å². The lowest BCUT2D eigenvalue weighted by atomic mass is 10.1. The molecule has 3 heterocycles. The van der Waals surface area contributed by atoms with Crippen LogP contribution in [0, 0.1) is 17.1 Å². The highest BCUT2D eigenvalue weighted by Crippen LogP contribution is 2.30. The minimum absolute atomic E-state index is 0.0332. The van der Waals surface area contributed by atoms with E-state index >= 15 is 0 Å². The summed E-state index contributed by atoms with van der Waals surface area (Å²) in [6, 6.07) is 11.9. The van der Waals surface area contributed by atoms with Gasteiger partial charge in [0.05, 0.1) is 17.2 Å². The third-order valence-corrected chi connectivity index (χ3v) is 5.45. The molecule has 1 aliphatic heterocycles. The summed E-state index contributed by atoms with van der Waals surface area (Å²) in [7, 11) is 0. The second-order valence-corrected chi connectivity index (χ2v) is 7.39. The van der Waals surface area contributed by atoms with Crippen LogP contribution in [0.2, 0.25) is 5.02 Å². The number of piperazine rings is 1. The van der Waals surface area contributed by atoms with Crippen LogP contribution in [0.15, 0.2) is 47.1 Å². The molecule has 0 bridgehead atoms. The molecule has 29 heavy (non-hydrogen) atoms. The fraction of sp³-hybridized carbons (Fsp3) is 0.286. The Balaban J connectivity index is 1.42. The molecule has 1 fully saturated rings. The van der Waals surface area contributed by atoms with Gasteiger partial charge in [-0.15, -0.1) is 0 Å². The second kappa shape index (κ2) is 8.19. The molecule has 1 aromatic carbocycles. The zero-order valence-electron chi connectivity index (χ0n) is 15.8. The highest BCUT2D eigenvalue weighted by molar-refractivity contribution is 6.30. The maximum Gasteiger partial charge on any atom is 0.170 e. The topological polar surface area (TPSA) is 69.2 Å². The largest absolute Gasteiger partial charge is 0.356 e. The second-order valence-electron chi connectivity index (χ2n) is 6.96. The monoisotopic (exact) mass is 411 g/mol. The van der Waals surface area contributed by atoms with Crippen LogP contribution in [0.4, 0.5) is 10.2 Å². The number of hydrogen-bond donors (Lipinski definition) is 0. The number of anilines is 1. The molecule has 3 aromatic rings. The van der Waals surface area contributed by atoms with Crippen molar-refractivity contribution >= 4 is 17.4 Å². The third kappa shape index (κ3) is 4.09. The van der Waals surface area contributed by atoms with Gasteiger partial charge in [0.25, 0.3) is 0 Å². The Kier molecular flexibility index (Phi) is 5.47. The van der Waals surface area contributed by atoms with E-state index < -0.39 is 5.82 Å². The fourth-order valence-corrected chi connectivity index (χ4v) is 3.64. The maximum atomic E-state index is 14.1. The minimum Gasteiger partial charge on any atom is -0.356 e. The highest BCUT2D eigenvalue weighted by Gasteiger charge is 2.25. The third-order valence-electron chi connectivity index (χ3n) is 5.21. The van der Waals surface area contributed by atoms with E-state index in [1.807, 2.05) is 6.07 Å². The Morgan fingerprint density at radius 3 is 2.66 bits per heavy atom. The van der Waals surface area contributed by atoms with Gasteiger partial charge in [0.2, 0.25) is 0 Å². The van der Waals surface area contributed by atoms with Gasteiger partial charge in [-0.3, -0.25) is 4.90 Å². The van der Waals surface area contributed by atoms with E-state index in [-0.39, 0.29) is 6.04 Å². The van der Waals surface area contributed by atoms with E-state index in [1.54, 1.807) is 18.3 Å². The van der Waals surface area contributed by atoms with Crippen LogP contribution in [-0.2, 0) is 0 Å². The average molecular weight is 412 g/mol. The average Bonchev–Trinajstić information content (AvgIpc) is 3.25. The zero-order valence-corrected chi connectivity index (χ0v) is 16.6. The first kappa shape index (κ1) is 19.4. The van der Waals surface area contributed by atoms with E-state index in [0.717, 1.165) is 37.7 Å². The Hall–Kier alpha value is -2.95. The molecule has 0 radical (unpaired) electrons. The summed E-state index contributed by atoms with van der Waals surface area (Å²) < 4.78 is 19.5. The molecule has 1 unspecified atom stereocenters. The van der Waals surface area contributed by atoms with Crippen LogP contribution < -0.4 is 4.90 Å². The van der Waals surface area contributed by atoms with Gasteiger partial charge in [-0.1, -0.05) is 16.8 Å². The molecule has 6 nitrogen and oxygen atoms in total. The molecule has 1 aliphatic rings. The first-order valence-electron chi connectivity index (χ1n) is 9.32. The SMILES string of the molecule is CC(c1cc(-c2cc(Cl)ccc2F)on1)N1CCN(c2ccc(C#N)cn2)CC1. The number of aromatic nitrogens is 2. The lowest BCUT2D eigenvalue weighted by Crippen LogP contribution is -2.47. The summed E-state index contributed by atoms with van der Waals surface area (Å²) in [4.78, 5) is 8.86. The van der Waals surface area contributed by atoms with Crippen molar-refractivity contribution in [3.63, 3.8) is 0 Å². The molecule has 1 atom stereocenters. The van der Waals surface area contributed by atoms with Crippen LogP contribution in [0.1, 0.15) is 24.2 Å². The molecule has 0 spiro atoms. The number of hydrogen-bond acceptors (Lipinski definition) is 6. The predicted octanol–water partition coefficient (Wildman–Crippen LogP) is 4.28. The van der Waals surface area contributed by atoms with Gasteiger partial charge in [-0.2, -0.15) is 5.26 Å². The van der Waals surface area contributed by atoms with Crippen LogP contribution in [0.3, 0.4) is 0 Å². The highest BCUT2D eigenvalue weighted by atomic mass is 35.5. The Bertz CT molecular complexity index is 1040. The molecule has 148 valence electrons. The van der Waals surface area contributed by atoms with Gasteiger partial charge in [-0.25, -0.2) is 9.37 Å². The molecule has 8 heteroatoms. The summed E-state index contributed by atoms with van der Waals surface area (Å²) in [6.45, 7) is 5.35. The van der Waals surface area contributed by atoms with Crippen LogP contribution in [0.5, 0.6) is 0 Å². The summed E-state index contributed by atoms with van der Waals surface area (Å²) in [5.74, 6) is 0.844. The summed E-state index contributed by atoms with van der Waals surface area (Å²) in [5.41, 5.74) is 1.61. The fourth-order valence-electron chi connectivity index (χ4n) is 3.46. The Labute approximate surface area is 173 Å². The van der Waals surface area contributed by atoms with Crippen LogP contribution in [0.25, 0.3) is 11.3 Å². The number of rotatable bonds is 4. The number of halogens is 2. The maximum absolute atomic E-state index is 14.1. The normalized spacial score (nSPS) is 15.9. The number of benzene rings is 1. The molecule has 0 aliphatic carbocycles. The summed E-state index contributed by atoms with van der Waals surface area (Å²) in [6.07, 6.45) is 1.59. The molecule has 0 N–H and O–H groups in total. The molecular weight excluding hydrogens is 393 g/mol. The van der Waals surface area contributed by atoms with Crippen molar-refractivity contribution in [3.8, 4) is 17.4 Å². The summed E-state index contributed by atoms with van der Waals surface area (Å²) >= 11 is 5.98. The summed E-state index contributed by atoms with van der Waals surface area (Å²) in [5, 5.41) is 13.5. The van der Waals surface area contributed by atoms with Crippen LogP contribution >= 0.6 is 11.6 Å². The molecule has 1 saturated heterocycles. The van der Waals surface area contributed by atoms with Gasteiger partial charge in [-0.05, 0) is 37.3 Å². The van der Waals surface area contributed by atoms with Gasteiger partial charge >= 0.3 is 0 Å². The van der Waals surface area contributed by atoms with Crippen LogP contribution in [-0.4, -0.2) is 41.2 Å². The lowest BCUT2D eigenvalue weighted by molar-refractivity contribution is 0.190. The standard InChI is InChI=1S/C21H19ClFN5O/c1-14(19-11-20(29-26-19)17-10-16(22)3-4-18(17)23)27-6-8-28(9-7-27)21-5-2-15(12-24)13-25-21/h2-5,10-11,13-14H,6-9H2,1H3. The molecular formula is C21H19ClFN5O. The first-order chi connectivity index (χ1) is 14.0. The number of nitriles is 1. The van der Waals surface area contributed by atoms with Crippen molar-refractivity contribution in [1.82, 2.24) is 15.0 Å². The van der Waals surface area contributed by atoms with E-state index in [1.165, 1.54) is 18.2 Å². The zero-order chi connectivity index (χ0) is 20.4. The molecule has 2 aromatic heterocycles.